The smallest absolute Gasteiger partial charge is 0.250 e. The van der Waals surface area contributed by atoms with Gasteiger partial charge in [0.05, 0.1) is 6.04 Å². The van der Waals surface area contributed by atoms with E-state index in [1.807, 2.05) is 30.3 Å². The van der Waals surface area contributed by atoms with Crippen LogP contribution in [-0.4, -0.2) is 31.1 Å². The average molecular weight is 390 g/mol. The van der Waals surface area contributed by atoms with Gasteiger partial charge in [-0.25, -0.2) is 9.07 Å². The highest BCUT2D eigenvalue weighted by Gasteiger charge is 2.30. The molecule has 2 aromatic carbocycles. The summed E-state index contributed by atoms with van der Waals surface area (Å²) in [6, 6.07) is 13.3. The number of amides is 1. The predicted molar refractivity (Wildman–Crippen MR) is 104 cm³/mol. The molecule has 2 aromatic heterocycles. The van der Waals surface area contributed by atoms with Crippen molar-refractivity contribution in [2.75, 3.05) is 0 Å². The van der Waals surface area contributed by atoms with Crippen molar-refractivity contribution in [3.8, 4) is 0 Å². The second-order valence-corrected chi connectivity index (χ2v) is 7.26. The van der Waals surface area contributed by atoms with Crippen LogP contribution in [0.4, 0.5) is 4.39 Å². The van der Waals surface area contributed by atoms with Crippen LogP contribution >= 0.6 is 0 Å². The summed E-state index contributed by atoms with van der Waals surface area (Å²) in [5.74, 6) is -0.445. The zero-order valence-electron chi connectivity index (χ0n) is 15.5. The van der Waals surface area contributed by atoms with E-state index in [1.165, 1.54) is 17.1 Å². The molecule has 1 amide bonds. The molecule has 2 N–H and O–H groups in total. The summed E-state index contributed by atoms with van der Waals surface area (Å²) in [6.45, 7) is 0. The third kappa shape index (κ3) is 3.16. The van der Waals surface area contributed by atoms with E-state index in [1.54, 1.807) is 12.1 Å². The Kier molecular flexibility index (Phi) is 4.31. The van der Waals surface area contributed by atoms with Crippen LogP contribution in [0.5, 0.6) is 0 Å². The number of hydrogen-bond acceptors (Lipinski definition) is 4. The highest BCUT2D eigenvalue weighted by molar-refractivity contribution is 5.87. The fourth-order valence-corrected chi connectivity index (χ4v) is 4.18. The second-order valence-electron chi connectivity index (χ2n) is 7.26. The molecule has 2 heterocycles. The van der Waals surface area contributed by atoms with Crippen LogP contribution in [0.1, 0.15) is 41.7 Å². The number of aryl methyl sites for hydroxylation is 1. The maximum Gasteiger partial charge on any atom is 0.250 e. The number of fused-ring (bicyclic) bond motifs is 3. The Hall–Kier alpha value is -3.55. The molecule has 0 saturated carbocycles. The van der Waals surface area contributed by atoms with Gasteiger partial charge in [0, 0.05) is 16.6 Å². The third-order valence-corrected chi connectivity index (χ3v) is 5.48. The molecule has 0 saturated heterocycles. The van der Waals surface area contributed by atoms with Gasteiger partial charge in [0.2, 0.25) is 5.91 Å². The van der Waals surface area contributed by atoms with Crippen molar-refractivity contribution in [3.63, 3.8) is 0 Å². The molecule has 1 aliphatic carbocycles. The van der Waals surface area contributed by atoms with Crippen LogP contribution in [-0.2, 0) is 11.2 Å². The number of carbonyl (C=O) groups excluding carboxylic acids is 1. The number of halogens is 1. The summed E-state index contributed by atoms with van der Waals surface area (Å²) < 4.78 is 15.2. The van der Waals surface area contributed by atoms with E-state index in [4.69, 9.17) is 0 Å². The van der Waals surface area contributed by atoms with Gasteiger partial charge in [-0.05, 0) is 59.0 Å². The molecule has 1 aliphatic rings. The molecule has 0 spiro atoms. The van der Waals surface area contributed by atoms with Gasteiger partial charge in [0.25, 0.3) is 0 Å². The maximum absolute atomic E-state index is 13.7. The highest BCUT2D eigenvalue weighted by Crippen LogP contribution is 2.35. The lowest BCUT2D eigenvalue weighted by Gasteiger charge is -2.26. The predicted octanol–water partition coefficient (Wildman–Crippen LogP) is 3.08. The molecule has 0 bridgehead atoms. The lowest BCUT2D eigenvalue weighted by atomic mass is 9.91. The first-order valence-corrected chi connectivity index (χ1v) is 9.58. The van der Waals surface area contributed by atoms with Crippen LogP contribution in [0.25, 0.3) is 10.9 Å². The summed E-state index contributed by atoms with van der Waals surface area (Å²) in [5.41, 5.74) is 3.72. The lowest BCUT2D eigenvalue weighted by molar-refractivity contribution is -0.124. The monoisotopic (exact) mass is 390 g/mol. The van der Waals surface area contributed by atoms with E-state index < -0.39 is 6.04 Å². The van der Waals surface area contributed by atoms with Crippen LogP contribution in [0.15, 0.2) is 54.9 Å². The van der Waals surface area contributed by atoms with Gasteiger partial charge in [-0.1, -0.05) is 30.3 Å². The van der Waals surface area contributed by atoms with Crippen LogP contribution < -0.4 is 5.32 Å². The van der Waals surface area contributed by atoms with Crippen molar-refractivity contribution in [2.24, 2.45) is 0 Å². The summed E-state index contributed by atoms with van der Waals surface area (Å²) in [7, 11) is 0. The van der Waals surface area contributed by atoms with E-state index >= 15 is 0 Å². The van der Waals surface area contributed by atoms with Gasteiger partial charge in [-0.15, -0.1) is 5.10 Å². The Morgan fingerprint density at radius 3 is 2.90 bits per heavy atom. The molecule has 7 nitrogen and oxygen atoms in total. The molecular formula is C21H19FN6O. The van der Waals surface area contributed by atoms with E-state index in [9.17, 15) is 9.18 Å². The van der Waals surface area contributed by atoms with Crippen molar-refractivity contribution in [1.82, 2.24) is 30.5 Å². The van der Waals surface area contributed by atoms with Crippen LogP contribution in [0, 0.1) is 5.82 Å². The quantitative estimate of drug-likeness (QED) is 0.561. The normalized spacial score (nSPS) is 17.1. The van der Waals surface area contributed by atoms with Crippen molar-refractivity contribution < 1.29 is 9.18 Å². The Morgan fingerprint density at radius 2 is 2.10 bits per heavy atom. The number of aromatic nitrogens is 5. The molecule has 5 rings (SSSR count). The number of benzene rings is 2. The average Bonchev–Trinajstić information content (AvgIpc) is 3.38. The Labute approximate surface area is 165 Å². The Balaban J connectivity index is 1.48. The minimum absolute atomic E-state index is 0.176. The minimum Gasteiger partial charge on any atom is -0.356 e. The van der Waals surface area contributed by atoms with E-state index in [-0.39, 0.29) is 17.8 Å². The zero-order valence-corrected chi connectivity index (χ0v) is 15.5. The lowest BCUT2D eigenvalue weighted by Crippen LogP contribution is -2.37. The number of carbonyl (C=O) groups is 1. The van der Waals surface area contributed by atoms with Gasteiger partial charge in [0.15, 0.2) is 6.04 Å². The van der Waals surface area contributed by atoms with Gasteiger partial charge >= 0.3 is 0 Å². The zero-order chi connectivity index (χ0) is 19.8. The molecule has 0 aliphatic heterocycles. The number of H-pyrrole nitrogens is 1. The molecule has 0 radical (unpaired) electrons. The number of tetrazole rings is 1. The van der Waals surface area contributed by atoms with Crippen molar-refractivity contribution in [3.05, 3.63) is 77.5 Å². The summed E-state index contributed by atoms with van der Waals surface area (Å²) in [4.78, 5) is 16.7. The summed E-state index contributed by atoms with van der Waals surface area (Å²) in [6.07, 6.45) is 4.03. The number of nitrogens with zero attached hydrogens (tertiary/aromatic N) is 4. The van der Waals surface area contributed by atoms with E-state index in [0.29, 0.717) is 0 Å². The molecule has 0 fully saturated rings. The number of hydrogen-bond donors (Lipinski definition) is 2. The van der Waals surface area contributed by atoms with E-state index in [2.05, 4.69) is 25.8 Å². The largest absolute Gasteiger partial charge is 0.356 e. The molecule has 8 heteroatoms. The molecule has 1 unspecified atom stereocenters. The van der Waals surface area contributed by atoms with Crippen LogP contribution in [0.2, 0.25) is 0 Å². The molecular weight excluding hydrogens is 371 g/mol. The Bertz CT molecular complexity index is 1150. The third-order valence-electron chi connectivity index (χ3n) is 5.48. The molecule has 2 atom stereocenters. The number of rotatable bonds is 4. The maximum atomic E-state index is 13.7. The highest BCUT2D eigenvalue weighted by atomic mass is 19.1. The number of nitrogens with one attached hydrogen (secondary N) is 2. The molecule has 4 aromatic rings. The first-order valence-electron chi connectivity index (χ1n) is 9.58. The van der Waals surface area contributed by atoms with Gasteiger partial charge in [0.1, 0.15) is 12.1 Å². The van der Waals surface area contributed by atoms with Gasteiger partial charge in [-0.2, -0.15) is 0 Å². The molecule has 29 heavy (non-hydrogen) atoms. The summed E-state index contributed by atoms with van der Waals surface area (Å²) in [5, 5.41) is 15.3. The fourth-order valence-electron chi connectivity index (χ4n) is 4.18. The topological polar surface area (TPSA) is 88.5 Å². The summed E-state index contributed by atoms with van der Waals surface area (Å²) >= 11 is 0. The second kappa shape index (κ2) is 7.12. The van der Waals surface area contributed by atoms with Crippen molar-refractivity contribution in [2.45, 2.75) is 31.3 Å². The number of aromatic amines is 1. The van der Waals surface area contributed by atoms with Gasteiger partial charge in [-0.3, -0.25) is 4.79 Å². The Morgan fingerprint density at radius 1 is 1.24 bits per heavy atom. The van der Waals surface area contributed by atoms with Crippen molar-refractivity contribution in [1.29, 1.82) is 0 Å². The SMILES string of the molecule is O=C(NC1CCCc2c1[nH]c1ccc(F)cc21)[C@@H](c1ccccc1)n1cnnn1. The van der Waals surface area contributed by atoms with Crippen LogP contribution in [0.3, 0.4) is 0 Å². The standard InChI is InChI=1S/C21H19FN6O/c22-14-9-10-17-16(11-14)15-7-4-8-18(19(15)24-17)25-21(29)20(28-12-23-26-27-28)13-5-2-1-3-6-13/h1-3,5-6,9-12,18,20,24H,4,7-8H2,(H,25,29)/t18?,20-/m1/s1. The minimum atomic E-state index is -0.668. The first-order chi connectivity index (χ1) is 14.2. The first kappa shape index (κ1) is 17.5. The molecule has 146 valence electrons. The van der Waals surface area contributed by atoms with E-state index in [0.717, 1.165) is 47.0 Å². The fraction of sp³-hybridized carbons (Fsp3) is 0.238. The van der Waals surface area contributed by atoms with Crippen molar-refractivity contribution >= 4 is 16.8 Å². The van der Waals surface area contributed by atoms with Gasteiger partial charge < -0.3 is 10.3 Å².